The molecular weight excluding hydrogens is 322 g/mol. The lowest BCUT2D eigenvalue weighted by atomic mass is 10.1. The fourth-order valence-electron chi connectivity index (χ4n) is 2.48. The lowest BCUT2D eigenvalue weighted by Gasteiger charge is -2.11. The van der Waals surface area contributed by atoms with Crippen molar-refractivity contribution in [2.45, 2.75) is 25.1 Å². The van der Waals surface area contributed by atoms with E-state index >= 15 is 0 Å². The number of nitrogens with zero attached hydrogens (tertiary/aromatic N) is 2. The monoisotopic (exact) mass is 343 g/mol. The quantitative estimate of drug-likeness (QED) is 0.666. The summed E-state index contributed by atoms with van der Waals surface area (Å²) < 4.78 is 0. The number of rotatable bonds is 7. The second-order valence-corrected chi connectivity index (χ2v) is 6.74. The molecule has 3 rings (SSSR count). The summed E-state index contributed by atoms with van der Waals surface area (Å²) in [7, 11) is 0. The number of aromatic amines is 1. The molecule has 2 aromatic rings. The Labute approximate surface area is 145 Å². The van der Waals surface area contributed by atoms with E-state index in [1.807, 2.05) is 49.0 Å². The Morgan fingerprint density at radius 1 is 1.29 bits per heavy atom. The molecule has 1 atom stereocenters. The third-order valence-corrected chi connectivity index (χ3v) is 4.82. The highest BCUT2D eigenvalue weighted by Crippen LogP contribution is 2.12. The number of aliphatic imine (C=N–C) groups is 1. The second kappa shape index (κ2) is 8.01. The van der Waals surface area contributed by atoms with Crippen LogP contribution < -0.4 is 10.6 Å². The Bertz CT molecular complexity index is 713. The van der Waals surface area contributed by atoms with Gasteiger partial charge < -0.3 is 15.6 Å². The van der Waals surface area contributed by atoms with Crippen LogP contribution in [0.1, 0.15) is 17.0 Å². The maximum Gasteiger partial charge on any atom is 0.271 e. The third kappa shape index (κ3) is 4.38. The van der Waals surface area contributed by atoms with Crippen LogP contribution in [-0.2, 0) is 17.0 Å². The molecule has 1 aromatic carbocycles. The number of amides is 1. The average molecular weight is 343 g/mol. The van der Waals surface area contributed by atoms with E-state index in [0.717, 1.165) is 35.0 Å². The van der Waals surface area contributed by atoms with Gasteiger partial charge in [0.15, 0.2) is 5.96 Å². The van der Waals surface area contributed by atoms with Crippen LogP contribution in [0.25, 0.3) is 0 Å². The van der Waals surface area contributed by atoms with Crippen LogP contribution in [0.2, 0.25) is 0 Å². The number of nitrogens with one attached hydrogen (secondary N) is 3. The molecule has 0 aliphatic carbocycles. The molecule has 24 heavy (non-hydrogen) atoms. The van der Waals surface area contributed by atoms with Crippen molar-refractivity contribution in [1.82, 2.24) is 20.6 Å². The molecule has 1 amide bonds. The first-order chi connectivity index (χ1) is 11.7. The topological polar surface area (TPSA) is 82.2 Å². The van der Waals surface area contributed by atoms with Crippen LogP contribution >= 0.6 is 11.8 Å². The van der Waals surface area contributed by atoms with Gasteiger partial charge in [-0.15, -0.1) is 0 Å². The van der Waals surface area contributed by atoms with E-state index in [0.29, 0.717) is 12.4 Å². The highest BCUT2D eigenvalue weighted by Gasteiger charge is 2.26. The van der Waals surface area contributed by atoms with Crippen LogP contribution in [0, 0.1) is 6.92 Å². The van der Waals surface area contributed by atoms with Gasteiger partial charge in [0.1, 0.15) is 6.04 Å². The van der Waals surface area contributed by atoms with E-state index in [2.05, 4.69) is 25.6 Å². The van der Waals surface area contributed by atoms with Gasteiger partial charge in [-0.05, 0) is 12.5 Å². The summed E-state index contributed by atoms with van der Waals surface area (Å²) in [6, 6.07) is 9.71. The molecule has 7 heteroatoms. The van der Waals surface area contributed by atoms with Crippen molar-refractivity contribution in [3.05, 3.63) is 53.6 Å². The highest BCUT2D eigenvalue weighted by molar-refractivity contribution is 7.98. The minimum absolute atomic E-state index is 0.109. The van der Waals surface area contributed by atoms with E-state index in [9.17, 15) is 4.79 Å². The van der Waals surface area contributed by atoms with Crippen LogP contribution in [0.15, 0.2) is 41.7 Å². The summed E-state index contributed by atoms with van der Waals surface area (Å²) in [5, 5.41) is 6.36. The van der Waals surface area contributed by atoms with E-state index in [4.69, 9.17) is 0 Å². The first-order valence-corrected chi connectivity index (χ1v) is 9.11. The van der Waals surface area contributed by atoms with Gasteiger partial charge in [-0.1, -0.05) is 30.3 Å². The number of carbonyl (C=O) groups is 1. The highest BCUT2D eigenvalue weighted by atomic mass is 32.2. The van der Waals surface area contributed by atoms with Gasteiger partial charge in [0.05, 0.1) is 12.0 Å². The minimum atomic E-state index is -0.268. The van der Waals surface area contributed by atoms with E-state index in [1.165, 1.54) is 0 Å². The van der Waals surface area contributed by atoms with Crippen molar-refractivity contribution < 1.29 is 4.79 Å². The fourth-order valence-corrected chi connectivity index (χ4v) is 3.36. The predicted octanol–water partition coefficient (Wildman–Crippen LogP) is 1.64. The maximum absolute atomic E-state index is 12.0. The lowest BCUT2D eigenvalue weighted by Crippen LogP contribution is -2.41. The fraction of sp³-hybridized carbons (Fsp3) is 0.353. The van der Waals surface area contributed by atoms with Gasteiger partial charge in [-0.3, -0.25) is 4.79 Å². The number of benzene rings is 1. The molecule has 2 heterocycles. The van der Waals surface area contributed by atoms with Crippen molar-refractivity contribution in [3.8, 4) is 0 Å². The molecule has 0 saturated heterocycles. The maximum atomic E-state index is 12.0. The molecule has 3 N–H and O–H groups in total. The Kier molecular flexibility index (Phi) is 5.53. The average Bonchev–Trinajstić information content (AvgIpc) is 3.14. The second-order valence-electron chi connectivity index (χ2n) is 5.63. The van der Waals surface area contributed by atoms with Crippen molar-refractivity contribution in [2.75, 3.05) is 12.3 Å². The van der Waals surface area contributed by atoms with E-state index in [-0.39, 0.29) is 11.9 Å². The van der Waals surface area contributed by atoms with Gasteiger partial charge in [-0.25, -0.2) is 4.98 Å². The largest absolute Gasteiger partial charge is 0.355 e. The van der Waals surface area contributed by atoms with Crippen molar-refractivity contribution in [1.29, 1.82) is 0 Å². The molecule has 1 unspecified atom stereocenters. The van der Waals surface area contributed by atoms with Crippen molar-refractivity contribution in [2.24, 2.45) is 4.99 Å². The van der Waals surface area contributed by atoms with Crippen LogP contribution in [-0.4, -0.2) is 40.2 Å². The summed E-state index contributed by atoms with van der Waals surface area (Å²) >= 11 is 1.81. The first kappa shape index (κ1) is 16.6. The van der Waals surface area contributed by atoms with Crippen LogP contribution in [0.4, 0.5) is 0 Å². The Morgan fingerprint density at radius 3 is 2.88 bits per heavy atom. The Hall–Kier alpha value is -2.28. The number of carbonyl (C=O) groups excluding carboxylic acids is 1. The molecule has 126 valence electrons. The van der Waals surface area contributed by atoms with Crippen molar-refractivity contribution >= 4 is 23.6 Å². The first-order valence-electron chi connectivity index (χ1n) is 7.96. The molecule has 0 saturated carbocycles. The zero-order valence-electron chi connectivity index (χ0n) is 13.6. The number of imidazole rings is 1. The van der Waals surface area contributed by atoms with Gasteiger partial charge in [0, 0.05) is 30.2 Å². The molecule has 0 bridgehead atoms. The molecule has 1 aliphatic rings. The standard InChI is InChI=1S/C17H21N5OS/c1-12-15(20-11-19-12)10-24-8-7-18-17-21-14(16(23)22-17)9-13-5-3-2-4-6-13/h2-6,11,14H,7-10H2,1H3,(H,19,20)(H2,18,21,22,23). The van der Waals surface area contributed by atoms with Gasteiger partial charge in [0.2, 0.25) is 0 Å². The van der Waals surface area contributed by atoms with Crippen LogP contribution in [0.5, 0.6) is 0 Å². The summed E-state index contributed by atoms with van der Waals surface area (Å²) in [4.78, 5) is 23.3. The third-order valence-electron chi connectivity index (χ3n) is 3.83. The molecule has 1 aliphatic heterocycles. The summed E-state index contributed by atoms with van der Waals surface area (Å²) in [5.74, 6) is 2.31. The number of aryl methyl sites for hydroxylation is 1. The van der Waals surface area contributed by atoms with E-state index in [1.54, 1.807) is 6.33 Å². The molecule has 0 spiro atoms. The molecule has 0 fully saturated rings. The number of hydrogen-bond donors (Lipinski definition) is 3. The zero-order valence-corrected chi connectivity index (χ0v) is 14.4. The Balaban J connectivity index is 1.37. The smallest absolute Gasteiger partial charge is 0.271 e. The van der Waals surface area contributed by atoms with Crippen LogP contribution in [0.3, 0.4) is 0 Å². The summed E-state index contributed by atoms with van der Waals surface area (Å²) in [6.07, 6.45) is 2.38. The molecular formula is C17H21N5OS. The number of guanidine groups is 1. The van der Waals surface area contributed by atoms with Gasteiger partial charge in [-0.2, -0.15) is 16.8 Å². The zero-order chi connectivity index (χ0) is 16.8. The predicted molar refractivity (Wildman–Crippen MR) is 97.0 cm³/mol. The van der Waals surface area contributed by atoms with Gasteiger partial charge >= 0.3 is 0 Å². The minimum Gasteiger partial charge on any atom is -0.355 e. The Morgan fingerprint density at radius 2 is 2.12 bits per heavy atom. The van der Waals surface area contributed by atoms with Crippen molar-refractivity contribution in [3.63, 3.8) is 0 Å². The molecule has 6 nitrogen and oxygen atoms in total. The SMILES string of the molecule is Cc1nc[nH]c1CSCCNC1=NC(=O)C(Cc2ccccc2)N1. The summed E-state index contributed by atoms with van der Waals surface area (Å²) in [6.45, 7) is 2.76. The van der Waals surface area contributed by atoms with Gasteiger partial charge in [0.25, 0.3) is 5.91 Å². The number of aromatic nitrogens is 2. The lowest BCUT2D eigenvalue weighted by molar-refractivity contribution is -0.118. The molecule has 1 aromatic heterocycles. The normalized spacial score (nSPS) is 16.8. The van der Waals surface area contributed by atoms with E-state index < -0.39 is 0 Å². The molecule has 0 radical (unpaired) electrons. The number of H-pyrrole nitrogens is 1. The summed E-state index contributed by atoms with van der Waals surface area (Å²) in [5.41, 5.74) is 3.34. The number of thioether (sulfide) groups is 1. The number of hydrogen-bond acceptors (Lipinski definition) is 5.